The summed E-state index contributed by atoms with van der Waals surface area (Å²) in [6.07, 6.45) is 0.830. The third-order valence-electron chi connectivity index (χ3n) is 2.37. The van der Waals surface area contributed by atoms with E-state index in [-0.39, 0.29) is 0 Å². The molecule has 18 heavy (non-hydrogen) atoms. The molecular formula is C12H12N4S2. The van der Waals surface area contributed by atoms with Crippen LogP contribution < -0.4 is 0 Å². The van der Waals surface area contributed by atoms with Gasteiger partial charge in [0.15, 0.2) is 4.34 Å². The van der Waals surface area contributed by atoms with E-state index >= 15 is 0 Å². The Labute approximate surface area is 114 Å². The van der Waals surface area contributed by atoms with Crippen molar-refractivity contribution in [3.8, 4) is 6.07 Å². The Balaban J connectivity index is 2.36. The summed E-state index contributed by atoms with van der Waals surface area (Å²) in [7, 11) is 0. The molecule has 0 saturated heterocycles. The standard InChI is InChI=1S/C12H12N4S2/c1-4-11-15-12(18-16-11)17-10-5-7(2)14-8(3)9(10)6-13/h5H,4H2,1-3H3. The number of hydrogen-bond donors (Lipinski definition) is 0. The Morgan fingerprint density at radius 2 is 2.17 bits per heavy atom. The molecule has 2 heterocycles. The molecule has 0 aromatic carbocycles. The fourth-order valence-electron chi connectivity index (χ4n) is 1.53. The predicted octanol–water partition coefficient (Wildman–Crippen LogP) is 3.14. The Kier molecular flexibility index (Phi) is 3.94. The Hall–Kier alpha value is -1.45. The smallest absolute Gasteiger partial charge is 0.174 e. The van der Waals surface area contributed by atoms with E-state index in [9.17, 15) is 5.26 Å². The highest BCUT2D eigenvalue weighted by Gasteiger charge is 2.12. The van der Waals surface area contributed by atoms with Crippen LogP contribution in [0.4, 0.5) is 0 Å². The van der Waals surface area contributed by atoms with Crippen LogP contribution in [0.3, 0.4) is 0 Å². The lowest BCUT2D eigenvalue weighted by Crippen LogP contribution is -1.94. The monoisotopic (exact) mass is 276 g/mol. The third kappa shape index (κ3) is 2.68. The van der Waals surface area contributed by atoms with E-state index in [0.717, 1.165) is 32.9 Å². The number of nitrogens with zero attached hydrogens (tertiary/aromatic N) is 4. The van der Waals surface area contributed by atoms with Crippen molar-refractivity contribution in [1.82, 2.24) is 14.3 Å². The second-order valence-corrected chi connectivity index (χ2v) is 5.81. The summed E-state index contributed by atoms with van der Waals surface area (Å²) in [5, 5.41) is 9.18. The van der Waals surface area contributed by atoms with E-state index in [1.54, 1.807) is 0 Å². The van der Waals surface area contributed by atoms with Crippen LogP contribution in [-0.4, -0.2) is 14.3 Å². The molecule has 0 radical (unpaired) electrons. The normalized spacial score (nSPS) is 10.3. The van der Waals surface area contributed by atoms with Crippen molar-refractivity contribution in [3.05, 3.63) is 28.8 Å². The lowest BCUT2D eigenvalue weighted by Gasteiger charge is -2.05. The van der Waals surface area contributed by atoms with Gasteiger partial charge in [-0.2, -0.15) is 9.64 Å². The number of aryl methyl sites for hydroxylation is 3. The van der Waals surface area contributed by atoms with Gasteiger partial charge in [-0.25, -0.2) is 4.98 Å². The van der Waals surface area contributed by atoms with Gasteiger partial charge >= 0.3 is 0 Å². The van der Waals surface area contributed by atoms with Gasteiger partial charge in [0.2, 0.25) is 0 Å². The second kappa shape index (κ2) is 5.46. The molecule has 0 aliphatic rings. The van der Waals surface area contributed by atoms with Gasteiger partial charge in [0.25, 0.3) is 0 Å². The molecule has 4 nitrogen and oxygen atoms in total. The lowest BCUT2D eigenvalue weighted by molar-refractivity contribution is 0.971. The van der Waals surface area contributed by atoms with Crippen molar-refractivity contribution < 1.29 is 0 Å². The molecule has 2 aromatic rings. The molecule has 0 amide bonds. The first kappa shape index (κ1) is 13.0. The maximum atomic E-state index is 9.18. The van der Waals surface area contributed by atoms with E-state index in [1.165, 1.54) is 23.3 Å². The van der Waals surface area contributed by atoms with Crippen LogP contribution in [0.5, 0.6) is 0 Å². The number of nitriles is 1. The summed E-state index contributed by atoms with van der Waals surface area (Å²) in [5.74, 6) is 0.850. The van der Waals surface area contributed by atoms with Crippen molar-refractivity contribution in [1.29, 1.82) is 5.26 Å². The highest BCUT2D eigenvalue weighted by molar-refractivity contribution is 8.01. The summed E-state index contributed by atoms with van der Waals surface area (Å²) < 4.78 is 5.11. The molecule has 0 aliphatic carbocycles. The van der Waals surface area contributed by atoms with Gasteiger partial charge in [-0.05, 0) is 31.4 Å². The van der Waals surface area contributed by atoms with Crippen LogP contribution in [0.2, 0.25) is 0 Å². The molecule has 0 saturated carbocycles. The van der Waals surface area contributed by atoms with Crippen LogP contribution >= 0.6 is 23.3 Å². The van der Waals surface area contributed by atoms with Crippen LogP contribution in [0.15, 0.2) is 15.3 Å². The van der Waals surface area contributed by atoms with Crippen LogP contribution in [0.1, 0.15) is 29.7 Å². The molecule has 0 unspecified atom stereocenters. The molecule has 0 N–H and O–H groups in total. The molecule has 0 aliphatic heterocycles. The van der Waals surface area contributed by atoms with E-state index < -0.39 is 0 Å². The molecular weight excluding hydrogens is 264 g/mol. The van der Waals surface area contributed by atoms with Gasteiger partial charge in [0.05, 0.1) is 11.3 Å². The minimum Gasteiger partial charge on any atom is -0.257 e. The zero-order valence-electron chi connectivity index (χ0n) is 10.4. The van der Waals surface area contributed by atoms with Crippen molar-refractivity contribution >= 4 is 23.3 Å². The number of hydrogen-bond acceptors (Lipinski definition) is 6. The first-order chi connectivity index (χ1) is 8.63. The first-order valence-electron chi connectivity index (χ1n) is 5.52. The molecule has 0 fully saturated rings. The maximum absolute atomic E-state index is 9.18. The van der Waals surface area contributed by atoms with E-state index in [4.69, 9.17) is 0 Å². The average molecular weight is 276 g/mol. The summed E-state index contributed by atoms with van der Waals surface area (Å²) in [6, 6.07) is 4.13. The van der Waals surface area contributed by atoms with Gasteiger partial charge in [-0.1, -0.05) is 18.7 Å². The minimum atomic E-state index is 0.624. The topological polar surface area (TPSA) is 62.5 Å². The zero-order chi connectivity index (χ0) is 13.1. The fourth-order valence-corrected chi connectivity index (χ4v) is 3.42. The van der Waals surface area contributed by atoms with Gasteiger partial charge in [-0.3, -0.25) is 4.98 Å². The van der Waals surface area contributed by atoms with Gasteiger partial charge in [0, 0.05) is 17.0 Å². The molecule has 6 heteroatoms. The minimum absolute atomic E-state index is 0.624. The third-order valence-corrected chi connectivity index (χ3v) is 4.20. The van der Waals surface area contributed by atoms with Crippen molar-refractivity contribution in [2.45, 2.75) is 36.4 Å². The van der Waals surface area contributed by atoms with E-state index in [2.05, 4.69) is 20.4 Å². The number of pyridine rings is 1. The molecule has 2 rings (SSSR count). The Bertz CT molecular complexity index is 613. The second-order valence-electron chi connectivity index (χ2n) is 3.77. The van der Waals surface area contributed by atoms with Gasteiger partial charge in [-0.15, -0.1) is 0 Å². The van der Waals surface area contributed by atoms with E-state index in [1.807, 2.05) is 26.8 Å². The quantitative estimate of drug-likeness (QED) is 0.861. The fraction of sp³-hybridized carbons (Fsp3) is 0.333. The SMILES string of the molecule is CCc1nsc(Sc2cc(C)nc(C)c2C#N)n1. The van der Waals surface area contributed by atoms with Gasteiger partial charge < -0.3 is 0 Å². The molecule has 92 valence electrons. The van der Waals surface area contributed by atoms with Crippen molar-refractivity contribution in [2.24, 2.45) is 0 Å². The summed E-state index contributed by atoms with van der Waals surface area (Å²) in [5.41, 5.74) is 2.30. The average Bonchev–Trinajstić information content (AvgIpc) is 2.76. The van der Waals surface area contributed by atoms with Crippen molar-refractivity contribution in [2.75, 3.05) is 0 Å². The van der Waals surface area contributed by atoms with Crippen LogP contribution in [0, 0.1) is 25.2 Å². The Morgan fingerprint density at radius 3 is 2.78 bits per heavy atom. The van der Waals surface area contributed by atoms with Crippen LogP contribution in [0.25, 0.3) is 0 Å². The maximum Gasteiger partial charge on any atom is 0.174 e. The largest absolute Gasteiger partial charge is 0.257 e. The lowest BCUT2D eigenvalue weighted by atomic mass is 10.2. The predicted molar refractivity (Wildman–Crippen MR) is 71.8 cm³/mol. The highest BCUT2D eigenvalue weighted by Crippen LogP contribution is 2.32. The highest BCUT2D eigenvalue weighted by atomic mass is 32.2. The molecule has 0 atom stereocenters. The molecule has 0 spiro atoms. The summed E-state index contributed by atoms with van der Waals surface area (Å²) in [6.45, 7) is 5.81. The summed E-state index contributed by atoms with van der Waals surface area (Å²) >= 11 is 2.86. The first-order valence-corrected chi connectivity index (χ1v) is 7.11. The number of rotatable bonds is 3. The van der Waals surface area contributed by atoms with Crippen LogP contribution in [-0.2, 0) is 6.42 Å². The molecule has 0 bridgehead atoms. The Morgan fingerprint density at radius 1 is 1.39 bits per heavy atom. The van der Waals surface area contributed by atoms with Crippen molar-refractivity contribution in [3.63, 3.8) is 0 Å². The molecule has 2 aromatic heterocycles. The number of aromatic nitrogens is 3. The van der Waals surface area contributed by atoms with E-state index in [0.29, 0.717) is 5.56 Å². The summed E-state index contributed by atoms with van der Waals surface area (Å²) in [4.78, 5) is 9.60. The van der Waals surface area contributed by atoms with Gasteiger partial charge in [0.1, 0.15) is 11.9 Å². The zero-order valence-corrected chi connectivity index (χ0v) is 12.0.